The molecule has 116 valence electrons. The van der Waals surface area contributed by atoms with Gasteiger partial charge < -0.3 is 9.15 Å². The zero-order valence-electron chi connectivity index (χ0n) is 13.4. The highest BCUT2D eigenvalue weighted by molar-refractivity contribution is 5.87. The van der Waals surface area contributed by atoms with Crippen LogP contribution < -0.4 is 10.2 Å². The highest BCUT2D eigenvalue weighted by atomic mass is 16.5. The van der Waals surface area contributed by atoms with E-state index in [4.69, 9.17) is 9.15 Å². The Hall–Kier alpha value is -2.81. The van der Waals surface area contributed by atoms with Gasteiger partial charge >= 0.3 is 0 Å². The molecule has 0 aliphatic rings. The third kappa shape index (κ3) is 2.66. The van der Waals surface area contributed by atoms with Crippen LogP contribution in [-0.4, -0.2) is 7.11 Å². The molecule has 1 aromatic heterocycles. The molecular formula is C20H18O3. The van der Waals surface area contributed by atoms with Crippen molar-refractivity contribution in [1.82, 2.24) is 0 Å². The van der Waals surface area contributed by atoms with Gasteiger partial charge in [0.2, 0.25) is 0 Å². The normalized spacial score (nSPS) is 11.3. The van der Waals surface area contributed by atoms with Gasteiger partial charge in [0.05, 0.1) is 12.5 Å². The quantitative estimate of drug-likeness (QED) is 0.697. The minimum absolute atomic E-state index is 0.00317. The highest BCUT2D eigenvalue weighted by Gasteiger charge is 2.14. The fraction of sp³-hybridized carbons (Fsp3) is 0.150. The Morgan fingerprint density at radius 1 is 1.09 bits per heavy atom. The molecule has 0 saturated carbocycles. The second kappa shape index (κ2) is 6.13. The van der Waals surface area contributed by atoms with E-state index in [1.807, 2.05) is 55.5 Å². The number of hydrogen-bond donors (Lipinski definition) is 0. The first-order chi connectivity index (χ1) is 11.2. The maximum atomic E-state index is 12.7. The van der Waals surface area contributed by atoms with E-state index >= 15 is 0 Å². The molecule has 0 aliphatic carbocycles. The van der Waals surface area contributed by atoms with Gasteiger partial charge in [0, 0.05) is 16.7 Å². The number of fused-ring (bicyclic) bond motifs is 1. The molecule has 3 heteroatoms. The summed E-state index contributed by atoms with van der Waals surface area (Å²) in [6, 6.07) is 13.1. The standard InChI is InChI=1S/C20H18O3/c1-4-6-14-7-5-8-17-18(21)13(2)19(23-20(14)17)15-9-11-16(22-3)12-10-15/h4-12H,1-3H3. The van der Waals surface area contributed by atoms with E-state index < -0.39 is 0 Å². The summed E-state index contributed by atoms with van der Waals surface area (Å²) in [6.07, 6.45) is 3.88. The average molecular weight is 306 g/mol. The van der Waals surface area contributed by atoms with Crippen molar-refractivity contribution in [3.8, 4) is 17.1 Å². The average Bonchev–Trinajstić information content (AvgIpc) is 2.59. The van der Waals surface area contributed by atoms with Crippen LogP contribution in [0.3, 0.4) is 0 Å². The molecular weight excluding hydrogens is 288 g/mol. The van der Waals surface area contributed by atoms with E-state index in [9.17, 15) is 4.79 Å². The second-order valence-electron chi connectivity index (χ2n) is 5.34. The SMILES string of the molecule is CC=Cc1cccc2c(=O)c(C)c(-c3ccc(OC)cc3)oc12. The number of ether oxygens (including phenoxy) is 1. The number of benzene rings is 2. The Kier molecular flexibility index (Phi) is 4.02. The number of methoxy groups -OCH3 is 1. The maximum Gasteiger partial charge on any atom is 0.196 e. The predicted molar refractivity (Wildman–Crippen MR) is 93.9 cm³/mol. The third-order valence-electron chi connectivity index (χ3n) is 3.87. The third-order valence-corrected chi connectivity index (χ3v) is 3.87. The summed E-state index contributed by atoms with van der Waals surface area (Å²) in [5, 5.41) is 0.607. The van der Waals surface area contributed by atoms with Crippen molar-refractivity contribution in [2.45, 2.75) is 13.8 Å². The van der Waals surface area contributed by atoms with Gasteiger partial charge in [0.25, 0.3) is 0 Å². The zero-order valence-corrected chi connectivity index (χ0v) is 13.4. The maximum absolute atomic E-state index is 12.7. The van der Waals surface area contributed by atoms with Gasteiger partial charge in [0.1, 0.15) is 17.1 Å². The summed E-state index contributed by atoms with van der Waals surface area (Å²) >= 11 is 0. The summed E-state index contributed by atoms with van der Waals surface area (Å²) in [5.74, 6) is 1.37. The van der Waals surface area contributed by atoms with Crippen molar-refractivity contribution in [3.63, 3.8) is 0 Å². The molecule has 0 fully saturated rings. The fourth-order valence-corrected chi connectivity index (χ4v) is 2.66. The van der Waals surface area contributed by atoms with Crippen LogP contribution in [0.1, 0.15) is 18.1 Å². The van der Waals surface area contributed by atoms with Crippen molar-refractivity contribution in [2.24, 2.45) is 0 Å². The molecule has 0 bridgehead atoms. The molecule has 0 saturated heterocycles. The Morgan fingerprint density at radius 2 is 1.83 bits per heavy atom. The lowest BCUT2D eigenvalue weighted by molar-refractivity contribution is 0.415. The van der Waals surface area contributed by atoms with Crippen molar-refractivity contribution in [3.05, 3.63) is 69.9 Å². The fourth-order valence-electron chi connectivity index (χ4n) is 2.66. The van der Waals surface area contributed by atoms with Gasteiger partial charge in [-0.2, -0.15) is 0 Å². The lowest BCUT2D eigenvalue weighted by atomic mass is 10.0. The molecule has 23 heavy (non-hydrogen) atoms. The monoisotopic (exact) mass is 306 g/mol. The van der Waals surface area contributed by atoms with Crippen LogP contribution in [-0.2, 0) is 0 Å². The Balaban J connectivity index is 2.30. The topological polar surface area (TPSA) is 39.4 Å². The highest BCUT2D eigenvalue weighted by Crippen LogP contribution is 2.29. The van der Waals surface area contributed by atoms with Gasteiger partial charge in [-0.15, -0.1) is 0 Å². The van der Waals surface area contributed by atoms with Gasteiger partial charge in [-0.3, -0.25) is 4.79 Å². The van der Waals surface area contributed by atoms with Crippen LogP contribution in [0, 0.1) is 6.92 Å². The smallest absolute Gasteiger partial charge is 0.196 e. The molecule has 3 aromatic rings. The Morgan fingerprint density at radius 3 is 2.48 bits per heavy atom. The molecule has 0 aliphatic heterocycles. The lowest BCUT2D eigenvalue weighted by Crippen LogP contribution is -2.07. The summed E-state index contributed by atoms with van der Waals surface area (Å²) in [5.41, 5.74) is 2.99. The molecule has 3 rings (SSSR count). The van der Waals surface area contributed by atoms with Crippen LogP contribution in [0.25, 0.3) is 28.4 Å². The van der Waals surface area contributed by atoms with E-state index in [1.165, 1.54) is 0 Å². The molecule has 0 radical (unpaired) electrons. The summed E-state index contributed by atoms with van der Waals surface area (Å²) in [6.45, 7) is 3.74. The Bertz CT molecular complexity index is 931. The minimum atomic E-state index is 0.00317. The van der Waals surface area contributed by atoms with Crippen LogP contribution >= 0.6 is 0 Å². The number of allylic oxidation sites excluding steroid dienone is 1. The van der Waals surface area contributed by atoms with Crippen molar-refractivity contribution in [2.75, 3.05) is 7.11 Å². The molecule has 0 spiro atoms. The van der Waals surface area contributed by atoms with Crippen LogP contribution in [0.2, 0.25) is 0 Å². The number of hydrogen-bond acceptors (Lipinski definition) is 3. The first-order valence-electron chi connectivity index (χ1n) is 7.49. The van der Waals surface area contributed by atoms with Crippen molar-refractivity contribution < 1.29 is 9.15 Å². The first kappa shape index (κ1) is 15.1. The van der Waals surface area contributed by atoms with E-state index in [-0.39, 0.29) is 5.43 Å². The van der Waals surface area contributed by atoms with Crippen molar-refractivity contribution in [1.29, 1.82) is 0 Å². The summed E-state index contributed by atoms with van der Waals surface area (Å²) in [4.78, 5) is 12.7. The molecule has 2 aromatic carbocycles. The molecule has 0 atom stereocenters. The predicted octanol–water partition coefficient (Wildman–Crippen LogP) is 4.81. The van der Waals surface area contributed by atoms with Gasteiger partial charge in [-0.1, -0.05) is 24.3 Å². The van der Waals surface area contributed by atoms with Gasteiger partial charge in [0.15, 0.2) is 5.43 Å². The van der Waals surface area contributed by atoms with E-state index in [2.05, 4.69) is 0 Å². The van der Waals surface area contributed by atoms with Gasteiger partial charge in [-0.25, -0.2) is 0 Å². The molecule has 0 amide bonds. The second-order valence-corrected chi connectivity index (χ2v) is 5.34. The largest absolute Gasteiger partial charge is 0.497 e. The van der Waals surface area contributed by atoms with Crippen molar-refractivity contribution >= 4 is 17.0 Å². The van der Waals surface area contributed by atoms with Gasteiger partial charge in [-0.05, 0) is 44.2 Å². The Labute approximate surface area is 134 Å². The van der Waals surface area contributed by atoms with E-state index in [0.717, 1.165) is 16.9 Å². The molecule has 1 heterocycles. The number of para-hydroxylation sites is 1. The minimum Gasteiger partial charge on any atom is -0.497 e. The lowest BCUT2D eigenvalue weighted by Gasteiger charge is -2.09. The number of rotatable bonds is 3. The zero-order chi connectivity index (χ0) is 16.4. The molecule has 0 N–H and O–H groups in total. The molecule has 3 nitrogen and oxygen atoms in total. The first-order valence-corrected chi connectivity index (χ1v) is 7.49. The molecule has 0 unspecified atom stereocenters. The van der Waals surface area contributed by atoms with E-state index in [0.29, 0.717) is 22.3 Å². The van der Waals surface area contributed by atoms with Crippen LogP contribution in [0.15, 0.2) is 57.8 Å². The van der Waals surface area contributed by atoms with Crippen LogP contribution in [0.4, 0.5) is 0 Å². The summed E-state index contributed by atoms with van der Waals surface area (Å²) in [7, 11) is 1.62. The van der Waals surface area contributed by atoms with Crippen LogP contribution in [0.5, 0.6) is 5.75 Å². The van der Waals surface area contributed by atoms with E-state index in [1.54, 1.807) is 20.1 Å². The summed E-state index contributed by atoms with van der Waals surface area (Å²) < 4.78 is 11.3.